The van der Waals surface area contributed by atoms with Crippen LogP contribution < -0.4 is 14.2 Å². The first-order valence-electron chi connectivity index (χ1n) is 11.0. The van der Waals surface area contributed by atoms with Crippen LogP contribution in [0.25, 0.3) is 0 Å². The number of hydrogen-bond donors (Lipinski definition) is 0. The van der Waals surface area contributed by atoms with Crippen molar-refractivity contribution >= 4 is 24.0 Å². The number of hydrogen-bond acceptors (Lipinski definition) is 5. The molecule has 0 bridgehead atoms. The molecule has 0 radical (unpaired) electrons. The Morgan fingerprint density at radius 3 is 2.15 bits per heavy atom. The molecule has 5 nitrogen and oxygen atoms in total. The number of nitrogens with zero attached hydrogens (tertiary/aromatic N) is 2. The Bertz CT molecular complexity index is 905. The summed E-state index contributed by atoms with van der Waals surface area (Å²) in [4.78, 5) is 2.30. The van der Waals surface area contributed by atoms with Gasteiger partial charge in [0.05, 0.1) is 32.8 Å². The minimum absolute atomic E-state index is 0. The normalized spacial score (nSPS) is 12.6. The Hall–Kier alpha value is -2.13. The van der Waals surface area contributed by atoms with E-state index >= 15 is 0 Å². The van der Waals surface area contributed by atoms with Gasteiger partial charge in [-0.05, 0) is 74.2 Å². The van der Waals surface area contributed by atoms with Crippen molar-refractivity contribution in [2.45, 2.75) is 38.5 Å². The smallest absolute Gasteiger partial charge is 0.203 e. The molecule has 2 rings (SSSR count). The minimum atomic E-state index is -0.652. The topological polar surface area (TPSA) is 54.7 Å². The Labute approximate surface area is 210 Å². The van der Waals surface area contributed by atoms with E-state index in [1.165, 1.54) is 5.56 Å². The van der Waals surface area contributed by atoms with Gasteiger partial charge in [-0.3, -0.25) is 0 Å². The number of nitriles is 1. The third-order valence-corrected chi connectivity index (χ3v) is 6.38. The van der Waals surface area contributed by atoms with Gasteiger partial charge in [-0.25, -0.2) is 0 Å². The molecule has 1 atom stereocenters. The highest BCUT2D eigenvalue weighted by Gasteiger charge is 2.37. The highest BCUT2D eigenvalue weighted by molar-refractivity contribution is 6.30. The maximum atomic E-state index is 10.3. The predicted octanol–water partition coefficient (Wildman–Crippen LogP) is 6.16. The average Bonchev–Trinajstić information content (AvgIpc) is 2.79. The molecule has 182 valence electrons. The molecule has 7 heteroatoms. The van der Waals surface area contributed by atoms with E-state index in [9.17, 15) is 5.26 Å². The summed E-state index contributed by atoms with van der Waals surface area (Å²) in [5.41, 5.74) is 1.47. The fourth-order valence-corrected chi connectivity index (χ4v) is 4.32. The molecule has 2 aromatic carbocycles. The van der Waals surface area contributed by atoms with Crippen LogP contribution in [-0.2, 0) is 11.8 Å². The number of methoxy groups -OCH3 is 3. The predicted molar refractivity (Wildman–Crippen MR) is 137 cm³/mol. The largest absolute Gasteiger partial charge is 0.493 e. The number of likely N-dealkylation sites (N-methyl/N-ethyl adjacent to an activating group) is 1. The second-order valence-corrected chi connectivity index (χ2v) is 8.88. The van der Waals surface area contributed by atoms with Gasteiger partial charge in [-0.15, -0.1) is 12.4 Å². The van der Waals surface area contributed by atoms with Crippen molar-refractivity contribution in [2.24, 2.45) is 5.92 Å². The third kappa shape index (κ3) is 7.17. The molecule has 0 saturated carbocycles. The number of benzene rings is 2. The van der Waals surface area contributed by atoms with Gasteiger partial charge in [0.15, 0.2) is 11.5 Å². The molecule has 0 spiro atoms. The van der Waals surface area contributed by atoms with Gasteiger partial charge in [0.25, 0.3) is 0 Å². The first-order chi connectivity index (χ1) is 15.3. The fraction of sp³-hybridized carbons (Fsp3) is 0.500. The van der Waals surface area contributed by atoms with Gasteiger partial charge in [0.1, 0.15) is 0 Å². The van der Waals surface area contributed by atoms with Crippen LogP contribution >= 0.6 is 24.0 Å². The maximum Gasteiger partial charge on any atom is 0.203 e. The van der Waals surface area contributed by atoms with E-state index in [1.807, 2.05) is 30.3 Å². The number of ether oxygens (including phenoxy) is 3. The molecule has 0 N–H and O–H groups in total. The van der Waals surface area contributed by atoms with Crippen molar-refractivity contribution < 1.29 is 14.2 Å². The van der Waals surface area contributed by atoms with E-state index in [2.05, 4.69) is 37.9 Å². The zero-order valence-electron chi connectivity index (χ0n) is 20.5. The van der Waals surface area contributed by atoms with Crippen molar-refractivity contribution in [3.05, 3.63) is 52.5 Å². The molecule has 0 aliphatic heterocycles. The lowest BCUT2D eigenvalue weighted by Gasteiger charge is -2.33. The number of halogens is 2. The van der Waals surface area contributed by atoms with Crippen molar-refractivity contribution in [3.63, 3.8) is 0 Å². The van der Waals surface area contributed by atoms with Gasteiger partial charge in [-0.1, -0.05) is 37.6 Å². The minimum Gasteiger partial charge on any atom is -0.493 e. The highest BCUT2D eigenvalue weighted by atomic mass is 35.5. The van der Waals surface area contributed by atoms with E-state index in [1.54, 1.807) is 21.3 Å². The summed E-state index contributed by atoms with van der Waals surface area (Å²) in [5, 5.41) is 11.1. The summed E-state index contributed by atoms with van der Waals surface area (Å²) < 4.78 is 16.5. The van der Waals surface area contributed by atoms with Crippen LogP contribution in [0.2, 0.25) is 5.02 Å². The van der Waals surface area contributed by atoms with Crippen molar-refractivity contribution in [1.82, 2.24) is 4.90 Å². The molecule has 0 aliphatic carbocycles. The van der Waals surface area contributed by atoms with Crippen LogP contribution in [0.3, 0.4) is 0 Å². The van der Waals surface area contributed by atoms with Crippen molar-refractivity contribution in [2.75, 3.05) is 41.5 Å². The molecule has 0 fully saturated rings. The first kappa shape index (κ1) is 28.9. The summed E-state index contributed by atoms with van der Waals surface area (Å²) in [6, 6.07) is 14.4. The van der Waals surface area contributed by atoms with E-state index in [-0.39, 0.29) is 18.3 Å². The Morgan fingerprint density at radius 1 is 1.03 bits per heavy atom. The van der Waals surface area contributed by atoms with Crippen LogP contribution in [0.1, 0.15) is 37.8 Å². The van der Waals surface area contributed by atoms with Crippen LogP contribution in [0, 0.1) is 17.2 Å². The maximum absolute atomic E-state index is 10.3. The summed E-state index contributed by atoms with van der Waals surface area (Å²) in [7, 11) is 6.89. The summed E-state index contributed by atoms with van der Waals surface area (Å²) in [6.45, 7) is 6.03. The quantitative estimate of drug-likeness (QED) is 0.353. The van der Waals surface area contributed by atoms with Crippen molar-refractivity contribution in [3.8, 4) is 23.3 Å². The molecule has 2 aromatic rings. The molecule has 1 unspecified atom stereocenters. The standard InChI is InChI=1S/C26H35ClN2O3.ClH/c1-19(2)26(18-28,21-16-23(30-4)25(32-6)24(17-21)31-5)12-8-13-29(3)14-11-20-9-7-10-22(27)15-20;/h7,9-10,15-17,19H,8,11-14H2,1-6H3;1H. The molecular weight excluding hydrogens is 459 g/mol. The molecule has 0 saturated heterocycles. The molecule has 0 aliphatic rings. The molecule has 0 heterocycles. The summed E-state index contributed by atoms with van der Waals surface area (Å²) in [6.07, 6.45) is 2.58. The van der Waals surface area contributed by atoms with Crippen LogP contribution in [-0.4, -0.2) is 46.4 Å². The van der Waals surface area contributed by atoms with Crippen molar-refractivity contribution in [1.29, 1.82) is 5.26 Å². The Morgan fingerprint density at radius 2 is 1.67 bits per heavy atom. The van der Waals surface area contributed by atoms with Gasteiger partial charge < -0.3 is 19.1 Å². The third-order valence-electron chi connectivity index (χ3n) is 6.15. The van der Waals surface area contributed by atoms with E-state index in [0.29, 0.717) is 17.2 Å². The second kappa shape index (κ2) is 13.5. The van der Waals surface area contributed by atoms with Gasteiger partial charge in [0, 0.05) is 11.6 Å². The van der Waals surface area contributed by atoms with E-state index in [4.69, 9.17) is 25.8 Å². The number of rotatable bonds is 12. The molecule has 0 amide bonds. The van der Waals surface area contributed by atoms with E-state index < -0.39 is 5.41 Å². The van der Waals surface area contributed by atoms with Crippen LogP contribution in [0.5, 0.6) is 17.2 Å². The lowest BCUT2D eigenvalue weighted by Crippen LogP contribution is -2.32. The van der Waals surface area contributed by atoms with Gasteiger partial charge >= 0.3 is 0 Å². The zero-order valence-corrected chi connectivity index (χ0v) is 22.1. The first-order valence-corrected chi connectivity index (χ1v) is 11.3. The van der Waals surface area contributed by atoms with Crippen LogP contribution in [0.4, 0.5) is 0 Å². The molecule has 33 heavy (non-hydrogen) atoms. The van der Waals surface area contributed by atoms with Gasteiger partial charge in [-0.2, -0.15) is 5.26 Å². The molecule has 0 aromatic heterocycles. The zero-order chi connectivity index (χ0) is 23.7. The fourth-order valence-electron chi connectivity index (χ4n) is 4.11. The lowest BCUT2D eigenvalue weighted by atomic mass is 9.69. The second-order valence-electron chi connectivity index (χ2n) is 8.44. The average molecular weight is 495 g/mol. The monoisotopic (exact) mass is 494 g/mol. The molecular formula is C26H36Cl2N2O3. The summed E-state index contributed by atoms with van der Waals surface area (Å²) >= 11 is 6.09. The van der Waals surface area contributed by atoms with Crippen LogP contribution in [0.15, 0.2) is 36.4 Å². The Balaban J connectivity index is 0.00000544. The Kier molecular flexibility index (Phi) is 11.9. The van der Waals surface area contributed by atoms with Gasteiger partial charge in [0.2, 0.25) is 5.75 Å². The lowest BCUT2D eigenvalue weighted by molar-refractivity contribution is 0.290. The summed E-state index contributed by atoms with van der Waals surface area (Å²) in [5.74, 6) is 1.80. The van der Waals surface area contributed by atoms with E-state index in [0.717, 1.165) is 42.9 Å². The SMILES string of the molecule is COc1cc(C(C#N)(CCCN(C)CCc2cccc(Cl)c2)C(C)C)cc(OC)c1OC.Cl. The highest BCUT2D eigenvalue weighted by Crippen LogP contribution is 2.45.